The van der Waals surface area contributed by atoms with Crippen LogP contribution in [0, 0.1) is 0 Å². The normalized spacial score (nSPS) is 14.1. The van der Waals surface area contributed by atoms with Crippen molar-refractivity contribution in [2.75, 3.05) is 0 Å². The molecule has 3 rings (SSSR count). The number of fused-ring (bicyclic) bond motifs is 3. The van der Waals surface area contributed by atoms with Crippen molar-refractivity contribution in [1.82, 2.24) is 0 Å². The van der Waals surface area contributed by atoms with Crippen LogP contribution in [0.25, 0.3) is 17.0 Å². The van der Waals surface area contributed by atoms with E-state index in [0.717, 1.165) is 35.1 Å². The van der Waals surface area contributed by atoms with Crippen molar-refractivity contribution >= 4 is 29.6 Å². The largest absolute Gasteiger partial charge is 0.489 e. The third-order valence-corrected chi connectivity index (χ3v) is 2.96. The average molecular weight is 214 g/mol. The molecule has 2 aromatic rings. The van der Waals surface area contributed by atoms with Gasteiger partial charge in [0.2, 0.25) is 0 Å². The summed E-state index contributed by atoms with van der Waals surface area (Å²) in [5, 5.41) is 19.5. The van der Waals surface area contributed by atoms with E-state index in [9.17, 15) is 10.0 Å². The van der Waals surface area contributed by atoms with Gasteiger partial charge in [-0.25, -0.2) is 0 Å². The summed E-state index contributed by atoms with van der Waals surface area (Å²) in [6.45, 7) is 0. The first-order chi connectivity index (χ1) is 7.77. The van der Waals surface area contributed by atoms with Gasteiger partial charge in [-0.15, -0.1) is 0 Å². The van der Waals surface area contributed by atoms with Crippen LogP contribution in [0.15, 0.2) is 28.7 Å². The molecule has 0 saturated heterocycles. The molecule has 0 saturated carbocycles. The molecule has 1 aromatic heterocycles. The third-order valence-electron chi connectivity index (χ3n) is 2.96. The quantitative estimate of drug-likeness (QED) is 0.698. The minimum atomic E-state index is -1.46. The minimum absolute atomic E-state index is 0.508. The molecule has 0 fully saturated rings. The SMILES string of the molecule is OB(O)c1cccc2oc3c(c12)C=CCC3. The van der Waals surface area contributed by atoms with Gasteiger partial charge in [0.1, 0.15) is 11.3 Å². The Labute approximate surface area is 93.2 Å². The van der Waals surface area contributed by atoms with Crippen molar-refractivity contribution in [2.45, 2.75) is 12.8 Å². The average Bonchev–Trinajstić information content (AvgIpc) is 2.66. The number of furan rings is 1. The molecule has 16 heavy (non-hydrogen) atoms. The van der Waals surface area contributed by atoms with Crippen LogP contribution in [-0.2, 0) is 6.42 Å². The monoisotopic (exact) mass is 214 g/mol. The summed E-state index contributed by atoms with van der Waals surface area (Å²) in [5.74, 6) is 0.936. The van der Waals surface area contributed by atoms with Gasteiger partial charge in [-0.2, -0.15) is 0 Å². The number of benzene rings is 1. The van der Waals surface area contributed by atoms with Crippen LogP contribution in [0.4, 0.5) is 0 Å². The van der Waals surface area contributed by atoms with Crippen LogP contribution < -0.4 is 5.46 Å². The molecule has 0 atom stereocenters. The molecule has 1 heterocycles. The van der Waals surface area contributed by atoms with Gasteiger partial charge in [-0.05, 0) is 17.9 Å². The molecule has 3 nitrogen and oxygen atoms in total. The zero-order valence-electron chi connectivity index (χ0n) is 8.68. The van der Waals surface area contributed by atoms with E-state index in [4.69, 9.17) is 4.42 Å². The van der Waals surface area contributed by atoms with Crippen LogP contribution >= 0.6 is 0 Å². The molecule has 4 heteroatoms. The fraction of sp³-hybridized carbons (Fsp3) is 0.167. The highest BCUT2D eigenvalue weighted by Gasteiger charge is 2.22. The summed E-state index contributed by atoms with van der Waals surface area (Å²) in [6.07, 6.45) is 5.93. The molecular formula is C12H11BO3. The second-order valence-electron chi connectivity index (χ2n) is 3.97. The van der Waals surface area contributed by atoms with Crippen LogP contribution in [-0.4, -0.2) is 17.2 Å². The molecule has 1 aliphatic rings. The Balaban J connectivity index is 2.38. The van der Waals surface area contributed by atoms with Gasteiger partial charge in [0.25, 0.3) is 0 Å². The maximum absolute atomic E-state index is 9.33. The van der Waals surface area contributed by atoms with E-state index in [1.807, 2.05) is 12.1 Å². The predicted molar refractivity (Wildman–Crippen MR) is 63.4 cm³/mol. The Morgan fingerprint density at radius 3 is 2.94 bits per heavy atom. The van der Waals surface area contributed by atoms with Gasteiger partial charge in [-0.1, -0.05) is 24.3 Å². The number of allylic oxidation sites excluding steroid dienone is 1. The van der Waals surface area contributed by atoms with Gasteiger partial charge in [0.05, 0.1) is 0 Å². The molecule has 0 bridgehead atoms. The topological polar surface area (TPSA) is 53.6 Å². The number of rotatable bonds is 1. The fourth-order valence-corrected chi connectivity index (χ4v) is 2.24. The molecule has 1 aliphatic carbocycles. The molecule has 0 unspecified atom stereocenters. The zero-order valence-corrected chi connectivity index (χ0v) is 8.68. The van der Waals surface area contributed by atoms with E-state index >= 15 is 0 Å². The van der Waals surface area contributed by atoms with E-state index in [1.54, 1.807) is 12.1 Å². The van der Waals surface area contributed by atoms with E-state index in [2.05, 4.69) is 6.08 Å². The van der Waals surface area contributed by atoms with Crippen LogP contribution in [0.3, 0.4) is 0 Å². The Bertz CT molecular complexity index is 569. The first-order valence-electron chi connectivity index (χ1n) is 5.34. The molecule has 0 aliphatic heterocycles. The standard InChI is InChI=1S/C12H11BO3/c14-13(15)9-5-3-7-11-12(9)8-4-1-2-6-10(8)16-11/h1,3-5,7,14-15H,2,6H2. The minimum Gasteiger partial charge on any atom is -0.460 e. The van der Waals surface area contributed by atoms with Gasteiger partial charge in [0, 0.05) is 17.4 Å². The summed E-state index contributed by atoms with van der Waals surface area (Å²) in [6, 6.07) is 5.34. The summed E-state index contributed by atoms with van der Waals surface area (Å²) in [4.78, 5) is 0. The van der Waals surface area contributed by atoms with Gasteiger partial charge >= 0.3 is 7.12 Å². The Kier molecular flexibility index (Phi) is 2.12. The van der Waals surface area contributed by atoms with Gasteiger partial charge in [0.15, 0.2) is 0 Å². The van der Waals surface area contributed by atoms with E-state index < -0.39 is 7.12 Å². The van der Waals surface area contributed by atoms with Crippen molar-refractivity contribution < 1.29 is 14.5 Å². The molecular weight excluding hydrogens is 203 g/mol. The van der Waals surface area contributed by atoms with Crippen molar-refractivity contribution in [3.63, 3.8) is 0 Å². The summed E-state index contributed by atoms with van der Waals surface area (Å²) < 4.78 is 5.71. The van der Waals surface area contributed by atoms with Crippen molar-refractivity contribution in [3.05, 3.63) is 35.6 Å². The Morgan fingerprint density at radius 1 is 1.25 bits per heavy atom. The second kappa shape index (κ2) is 3.51. The second-order valence-corrected chi connectivity index (χ2v) is 3.97. The highest BCUT2D eigenvalue weighted by atomic mass is 16.4. The maximum Gasteiger partial charge on any atom is 0.489 e. The highest BCUT2D eigenvalue weighted by Crippen LogP contribution is 2.29. The molecule has 0 spiro atoms. The maximum atomic E-state index is 9.33. The Hall–Kier alpha value is -1.52. The van der Waals surface area contributed by atoms with Crippen LogP contribution in [0.2, 0.25) is 0 Å². The summed E-state index contributed by atoms with van der Waals surface area (Å²) in [5.41, 5.74) is 2.22. The number of hydrogen-bond donors (Lipinski definition) is 2. The lowest BCUT2D eigenvalue weighted by atomic mass is 9.77. The van der Waals surface area contributed by atoms with Crippen molar-refractivity contribution in [3.8, 4) is 0 Å². The van der Waals surface area contributed by atoms with Crippen molar-refractivity contribution in [1.29, 1.82) is 0 Å². The van der Waals surface area contributed by atoms with Gasteiger partial charge in [-0.3, -0.25) is 0 Å². The smallest absolute Gasteiger partial charge is 0.460 e. The van der Waals surface area contributed by atoms with E-state index in [-0.39, 0.29) is 0 Å². The Morgan fingerprint density at radius 2 is 2.12 bits per heavy atom. The first-order valence-corrected chi connectivity index (χ1v) is 5.34. The third kappa shape index (κ3) is 1.31. The van der Waals surface area contributed by atoms with E-state index in [1.165, 1.54) is 0 Å². The summed E-state index contributed by atoms with van der Waals surface area (Å²) in [7, 11) is -1.46. The molecule has 0 radical (unpaired) electrons. The summed E-state index contributed by atoms with van der Waals surface area (Å²) >= 11 is 0. The predicted octanol–water partition coefficient (Wildman–Crippen LogP) is 1.07. The lowest BCUT2D eigenvalue weighted by Crippen LogP contribution is -2.30. The molecule has 80 valence electrons. The zero-order chi connectivity index (χ0) is 11.1. The fourth-order valence-electron chi connectivity index (χ4n) is 2.24. The van der Waals surface area contributed by atoms with Crippen molar-refractivity contribution in [2.24, 2.45) is 0 Å². The lowest BCUT2D eigenvalue weighted by molar-refractivity contribution is 0.426. The molecule has 0 amide bonds. The van der Waals surface area contributed by atoms with Crippen LogP contribution in [0.1, 0.15) is 17.7 Å². The number of hydrogen-bond acceptors (Lipinski definition) is 3. The highest BCUT2D eigenvalue weighted by molar-refractivity contribution is 6.62. The molecule has 1 aromatic carbocycles. The lowest BCUT2D eigenvalue weighted by Gasteiger charge is -2.04. The van der Waals surface area contributed by atoms with E-state index in [0.29, 0.717) is 5.46 Å². The number of aryl methyl sites for hydroxylation is 1. The first kappa shape index (κ1) is 9.69. The molecule has 2 N–H and O–H groups in total. The van der Waals surface area contributed by atoms with Gasteiger partial charge < -0.3 is 14.5 Å². The van der Waals surface area contributed by atoms with Crippen LogP contribution in [0.5, 0.6) is 0 Å².